The Morgan fingerprint density at radius 2 is 2.16 bits per heavy atom. The number of aliphatic carboxylic acids is 1. The molecule has 0 unspecified atom stereocenters. The molecule has 11 heteroatoms. The molecule has 0 atom stereocenters. The molecule has 0 fully saturated rings. The van der Waals surface area contributed by atoms with E-state index in [1.54, 1.807) is 0 Å². The summed E-state index contributed by atoms with van der Waals surface area (Å²) in [7, 11) is 0. The van der Waals surface area contributed by atoms with E-state index in [4.69, 9.17) is 5.11 Å². The van der Waals surface area contributed by atoms with Gasteiger partial charge in [0.05, 0.1) is 20.5 Å². The Bertz CT molecular complexity index is 534. The number of nitro groups is 1. The minimum absolute atomic E-state index is 0.369. The molecule has 1 N–H and O–H groups in total. The molecule has 0 aliphatic rings. The zero-order valence-electron chi connectivity index (χ0n) is 8.77. The van der Waals surface area contributed by atoms with Gasteiger partial charge in [-0.2, -0.15) is 0 Å². The molecule has 0 aliphatic carbocycles. The van der Waals surface area contributed by atoms with E-state index < -0.39 is 40.8 Å². The summed E-state index contributed by atoms with van der Waals surface area (Å²) in [5.41, 5.74) is -1.08. The van der Waals surface area contributed by atoms with Crippen LogP contribution in [-0.4, -0.2) is 27.3 Å². The molecule has 104 valence electrons. The molecular formula is C8H4F3IN2O5. The molecule has 1 aromatic rings. The number of carboxylic acids is 1. The van der Waals surface area contributed by atoms with E-state index in [1.165, 1.54) is 22.6 Å². The van der Waals surface area contributed by atoms with E-state index in [-0.39, 0.29) is 3.57 Å². The van der Waals surface area contributed by atoms with E-state index in [2.05, 4.69) is 9.72 Å². The van der Waals surface area contributed by atoms with Gasteiger partial charge in [0.1, 0.15) is 6.20 Å². The second kappa shape index (κ2) is 5.54. The van der Waals surface area contributed by atoms with Crippen LogP contribution in [0.1, 0.15) is 5.56 Å². The summed E-state index contributed by atoms with van der Waals surface area (Å²) in [6.45, 7) is 0. The summed E-state index contributed by atoms with van der Waals surface area (Å²) in [5.74, 6) is -2.35. The normalized spacial score (nSPS) is 11.2. The first-order valence-corrected chi connectivity index (χ1v) is 5.49. The van der Waals surface area contributed by atoms with E-state index in [9.17, 15) is 28.1 Å². The number of ether oxygens (including phenoxy) is 1. The van der Waals surface area contributed by atoms with Gasteiger partial charge in [0.15, 0.2) is 0 Å². The molecule has 0 bridgehead atoms. The average molecular weight is 392 g/mol. The standard InChI is InChI=1S/C8H4F3IN2O5/c9-8(10,11)19-7-6(12)3(1-5(15)16)4(2-13-7)14(17)18/h2H,1H2,(H,15,16). The first kappa shape index (κ1) is 15.4. The summed E-state index contributed by atoms with van der Waals surface area (Å²) in [6, 6.07) is 0. The maximum absolute atomic E-state index is 12.1. The van der Waals surface area contributed by atoms with Gasteiger partial charge in [-0.25, -0.2) is 4.98 Å². The number of nitrogens with zero attached hydrogens (tertiary/aromatic N) is 2. The van der Waals surface area contributed by atoms with Crippen LogP contribution in [0.2, 0.25) is 0 Å². The number of carbonyl (C=O) groups is 1. The highest BCUT2D eigenvalue weighted by molar-refractivity contribution is 14.1. The monoisotopic (exact) mass is 392 g/mol. The summed E-state index contributed by atoms with van der Waals surface area (Å²) < 4.78 is 39.4. The maximum atomic E-state index is 12.1. The molecular weight excluding hydrogens is 388 g/mol. The number of rotatable bonds is 4. The van der Waals surface area contributed by atoms with E-state index in [0.29, 0.717) is 6.20 Å². The van der Waals surface area contributed by atoms with Crippen LogP contribution in [0, 0.1) is 13.7 Å². The van der Waals surface area contributed by atoms with Crippen LogP contribution in [0.5, 0.6) is 5.88 Å². The van der Waals surface area contributed by atoms with Crippen molar-refractivity contribution in [3.05, 3.63) is 25.4 Å². The fourth-order valence-electron chi connectivity index (χ4n) is 1.15. The van der Waals surface area contributed by atoms with Gasteiger partial charge >= 0.3 is 12.3 Å². The Morgan fingerprint density at radius 1 is 1.58 bits per heavy atom. The minimum atomic E-state index is -5.02. The molecule has 0 saturated heterocycles. The van der Waals surface area contributed by atoms with Gasteiger partial charge in [0, 0.05) is 0 Å². The van der Waals surface area contributed by atoms with Crippen LogP contribution in [0.25, 0.3) is 0 Å². The van der Waals surface area contributed by atoms with E-state index >= 15 is 0 Å². The SMILES string of the molecule is O=C(O)Cc1c([N+](=O)[O-])cnc(OC(F)(F)F)c1I. The molecule has 0 aromatic carbocycles. The molecule has 1 rings (SSSR count). The number of hydrogen-bond acceptors (Lipinski definition) is 5. The first-order valence-electron chi connectivity index (χ1n) is 4.41. The maximum Gasteiger partial charge on any atom is 0.574 e. The van der Waals surface area contributed by atoms with Crippen molar-refractivity contribution < 1.29 is 32.7 Å². The lowest BCUT2D eigenvalue weighted by Gasteiger charge is -2.11. The Balaban J connectivity index is 3.33. The van der Waals surface area contributed by atoms with Crippen molar-refractivity contribution >= 4 is 34.2 Å². The molecule has 0 spiro atoms. The molecule has 19 heavy (non-hydrogen) atoms. The lowest BCUT2D eigenvalue weighted by molar-refractivity contribution is -0.386. The van der Waals surface area contributed by atoms with Crippen LogP contribution >= 0.6 is 22.6 Å². The smallest absolute Gasteiger partial charge is 0.481 e. The third kappa shape index (κ3) is 4.18. The minimum Gasteiger partial charge on any atom is -0.481 e. The number of alkyl halides is 3. The number of hydrogen-bond donors (Lipinski definition) is 1. The van der Waals surface area contributed by atoms with Gasteiger partial charge in [0.2, 0.25) is 5.88 Å². The van der Waals surface area contributed by atoms with Gasteiger partial charge in [-0.3, -0.25) is 14.9 Å². The van der Waals surface area contributed by atoms with Crippen molar-refractivity contribution in [1.82, 2.24) is 4.98 Å². The van der Waals surface area contributed by atoms with Gasteiger partial charge < -0.3 is 9.84 Å². The lowest BCUT2D eigenvalue weighted by atomic mass is 10.1. The quantitative estimate of drug-likeness (QED) is 0.479. The molecule has 0 radical (unpaired) electrons. The Hall–Kier alpha value is -1.66. The van der Waals surface area contributed by atoms with Gasteiger partial charge in [0.25, 0.3) is 5.69 Å². The Morgan fingerprint density at radius 3 is 2.58 bits per heavy atom. The Labute approximate surface area is 116 Å². The van der Waals surface area contributed by atoms with Crippen molar-refractivity contribution in [2.45, 2.75) is 12.8 Å². The number of aromatic nitrogens is 1. The average Bonchev–Trinajstić information content (AvgIpc) is 2.21. The van der Waals surface area contributed by atoms with Crippen molar-refractivity contribution in [1.29, 1.82) is 0 Å². The largest absolute Gasteiger partial charge is 0.574 e. The number of halogens is 4. The van der Waals surface area contributed by atoms with Crippen LogP contribution < -0.4 is 4.74 Å². The number of pyridine rings is 1. The van der Waals surface area contributed by atoms with Crippen molar-refractivity contribution in [2.24, 2.45) is 0 Å². The van der Waals surface area contributed by atoms with Crippen molar-refractivity contribution in [2.75, 3.05) is 0 Å². The Kier molecular flexibility index (Phi) is 4.49. The summed E-state index contributed by atoms with van der Waals surface area (Å²) in [5, 5.41) is 19.3. The van der Waals surface area contributed by atoms with Crippen molar-refractivity contribution in [3.63, 3.8) is 0 Å². The van der Waals surface area contributed by atoms with E-state index in [0.717, 1.165) is 0 Å². The molecule has 0 saturated carbocycles. The van der Waals surface area contributed by atoms with Crippen LogP contribution in [-0.2, 0) is 11.2 Å². The zero-order chi connectivity index (χ0) is 14.8. The predicted molar refractivity (Wildman–Crippen MR) is 61.6 cm³/mol. The highest BCUT2D eigenvalue weighted by atomic mass is 127. The third-order valence-corrected chi connectivity index (χ3v) is 2.92. The second-order valence-electron chi connectivity index (χ2n) is 3.12. The van der Waals surface area contributed by atoms with Crippen LogP contribution in [0.15, 0.2) is 6.20 Å². The van der Waals surface area contributed by atoms with Gasteiger partial charge in [-0.05, 0) is 22.6 Å². The molecule has 1 heterocycles. The molecule has 0 aliphatic heterocycles. The van der Waals surface area contributed by atoms with Crippen LogP contribution in [0.3, 0.4) is 0 Å². The van der Waals surface area contributed by atoms with Gasteiger partial charge in [-0.15, -0.1) is 13.2 Å². The van der Waals surface area contributed by atoms with Gasteiger partial charge in [-0.1, -0.05) is 0 Å². The predicted octanol–water partition coefficient (Wildman–Crippen LogP) is 2.12. The highest BCUT2D eigenvalue weighted by Gasteiger charge is 2.34. The molecule has 7 nitrogen and oxygen atoms in total. The fourth-order valence-corrected chi connectivity index (χ4v) is 1.87. The fraction of sp³-hybridized carbons (Fsp3) is 0.250. The summed E-state index contributed by atoms with van der Waals surface area (Å²) in [4.78, 5) is 23.5. The third-order valence-electron chi connectivity index (χ3n) is 1.80. The highest BCUT2D eigenvalue weighted by Crippen LogP contribution is 2.32. The zero-order valence-corrected chi connectivity index (χ0v) is 10.9. The lowest BCUT2D eigenvalue weighted by Crippen LogP contribution is -2.19. The van der Waals surface area contributed by atoms with E-state index in [1.807, 2.05) is 0 Å². The van der Waals surface area contributed by atoms with Crippen molar-refractivity contribution in [3.8, 4) is 5.88 Å². The number of carboxylic acid groups (broad SMARTS) is 1. The van der Waals surface area contributed by atoms with Crippen LogP contribution in [0.4, 0.5) is 18.9 Å². The summed E-state index contributed by atoms with van der Waals surface area (Å²) >= 11 is 1.32. The first-order chi connectivity index (χ1) is 8.61. The summed E-state index contributed by atoms with van der Waals surface area (Å²) in [6.07, 6.45) is -5.31. The molecule has 1 aromatic heterocycles. The molecule has 0 amide bonds. The topological polar surface area (TPSA) is 103 Å². The second-order valence-corrected chi connectivity index (χ2v) is 4.20.